The lowest BCUT2D eigenvalue weighted by atomic mass is 9.54. The van der Waals surface area contributed by atoms with E-state index in [0.29, 0.717) is 16.4 Å². The molecule has 1 heterocycles. The molecule has 0 radical (unpaired) electrons. The van der Waals surface area contributed by atoms with Gasteiger partial charge in [0, 0.05) is 34.2 Å². The van der Waals surface area contributed by atoms with Crippen molar-refractivity contribution in [1.82, 2.24) is 0 Å². The second-order valence-corrected chi connectivity index (χ2v) is 9.95. The molecule has 3 aromatic carbocycles. The molecule has 1 amide bonds. The molecule has 0 aromatic heterocycles. The molecule has 1 aliphatic carbocycles. The Morgan fingerprint density at radius 3 is 2.24 bits per heavy atom. The molecule has 1 aliphatic heterocycles. The first-order valence-corrected chi connectivity index (χ1v) is 12.1. The van der Waals surface area contributed by atoms with Crippen LogP contribution >= 0.6 is 27.5 Å². The number of hydrogen-bond acceptors (Lipinski definition) is 3. The maximum Gasteiger partial charge on any atom is 0.260 e. The number of hydrogen-bond donors (Lipinski definition) is 0. The number of carbonyl (C=O) groups excluding carboxylic acids is 2. The van der Waals surface area contributed by atoms with Gasteiger partial charge in [-0.3, -0.25) is 9.59 Å². The molecule has 2 aliphatic rings. The number of benzene rings is 3. The highest BCUT2D eigenvalue weighted by Gasteiger charge is 2.62. The third-order valence-electron chi connectivity index (χ3n) is 6.91. The van der Waals surface area contributed by atoms with Crippen molar-refractivity contribution in [3.8, 4) is 0 Å². The van der Waals surface area contributed by atoms with Crippen LogP contribution in [-0.4, -0.2) is 17.4 Å². The minimum atomic E-state index is -1.01. The fourth-order valence-corrected chi connectivity index (χ4v) is 5.98. The largest absolute Gasteiger partial charge is 0.300 e. The van der Waals surface area contributed by atoms with Crippen LogP contribution in [0.5, 0.6) is 0 Å². The summed E-state index contributed by atoms with van der Waals surface area (Å²) < 4.78 is 0.944. The third kappa shape index (κ3) is 3.54. The molecule has 5 rings (SSSR count). The number of anilines is 1. The van der Waals surface area contributed by atoms with Gasteiger partial charge in [-0.15, -0.1) is 0 Å². The molecule has 4 nitrogen and oxygen atoms in total. The van der Waals surface area contributed by atoms with Gasteiger partial charge < -0.3 is 0 Å². The first-order valence-electron chi connectivity index (χ1n) is 10.9. The summed E-state index contributed by atoms with van der Waals surface area (Å²) >= 11 is 10.1. The van der Waals surface area contributed by atoms with Gasteiger partial charge in [-0.1, -0.05) is 76.1 Å². The average molecular weight is 522 g/mol. The molecule has 1 spiro atoms. The Balaban J connectivity index is 1.74. The van der Waals surface area contributed by atoms with E-state index in [9.17, 15) is 9.59 Å². The van der Waals surface area contributed by atoms with Gasteiger partial charge in [-0.05, 0) is 48.4 Å². The highest BCUT2D eigenvalue weighted by atomic mass is 79.9. The minimum Gasteiger partial charge on any atom is -0.300 e. The molecule has 0 bridgehead atoms. The van der Waals surface area contributed by atoms with Crippen molar-refractivity contribution in [2.45, 2.75) is 31.6 Å². The van der Waals surface area contributed by atoms with Crippen molar-refractivity contribution < 1.29 is 9.59 Å². The fourth-order valence-electron chi connectivity index (χ4n) is 5.45. The maximum atomic E-state index is 14.4. The summed E-state index contributed by atoms with van der Waals surface area (Å²) in [7, 11) is 0. The smallest absolute Gasteiger partial charge is 0.260 e. The summed E-state index contributed by atoms with van der Waals surface area (Å²) in [5.74, 6) is -0.752. The lowest BCUT2D eigenvalue weighted by molar-refractivity contribution is -0.131. The van der Waals surface area contributed by atoms with Crippen LogP contribution in [0.2, 0.25) is 5.02 Å². The Morgan fingerprint density at radius 1 is 0.909 bits per heavy atom. The lowest BCUT2D eigenvalue weighted by Crippen LogP contribution is -2.52. The SMILES string of the molecule is CC1=NN(c2ccccc2)C(=O)[C@]12[C@@H](c1ccc(Br)cc1)CC(=O)C[C@@H]2c1ccccc1Cl. The molecule has 3 atom stereocenters. The van der Waals surface area contributed by atoms with Gasteiger partial charge in [-0.2, -0.15) is 10.1 Å². The molecule has 0 N–H and O–H groups in total. The van der Waals surface area contributed by atoms with Crippen LogP contribution in [0.1, 0.15) is 42.7 Å². The van der Waals surface area contributed by atoms with E-state index in [2.05, 4.69) is 15.9 Å². The van der Waals surface area contributed by atoms with Crippen LogP contribution in [-0.2, 0) is 9.59 Å². The number of carbonyl (C=O) groups is 2. The van der Waals surface area contributed by atoms with Crippen molar-refractivity contribution in [2.75, 3.05) is 5.01 Å². The molecule has 0 saturated heterocycles. The zero-order valence-corrected chi connectivity index (χ0v) is 20.4. The summed E-state index contributed by atoms with van der Waals surface area (Å²) in [4.78, 5) is 27.5. The predicted octanol–water partition coefficient (Wildman–Crippen LogP) is 6.74. The van der Waals surface area contributed by atoms with E-state index in [0.717, 1.165) is 15.6 Å². The summed E-state index contributed by atoms with van der Waals surface area (Å²) in [5, 5.41) is 6.84. The van der Waals surface area contributed by atoms with Gasteiger partial charge in [0.25, 0.3) is 5.91 Å². The highest BCUT2D eigenvalue weighted by molar-refractivity contribution is 9.10. The van der Waals surface area contributed by atoms with Crippen molar-refractivity contribution in [2.24, 2.45) is 10.5 Å². The van der Waals surface area contributed by atoms with E-state index in [1.165, 1.54) is 5.01 Å². The van der Waals surface area contributed by atoms with E-state index >= 15 is 0 Å². The Hall–Kier alpha value is -2.76. The van der Waals surface area contributed by atoms with Crippen LogP contribution in [0.15, 0.2) is 88.4 Å². The van der Waals surface area contributed by atoms with Gasteiger partial charge >= 0.3 is 0 Å². The van der Waals surface area contributed by atoms with Gasteiger partial charge in [0.05, 0.1) is 11.4 Å². The quantitative estimate of drug-likeness (QED) is 0.383. The number of hydrazone groups is 1. The normalized spacial score (nSPS) is 24.9. The van der Waals surface area contributed by atoms with Crippen LogP contribution in [0.25, 0.3) is 0 Å². The standard InChI is InChI=1S/C27H22BrClN2O2/c1-17-27(26(33)31(30-17)20-7-3-2-4-8-20)23(18-11-13-19(28)14-12-18)15-21(32)16-24(27)22-9-5-6-10-25(22)29/h2-14,23-24H,15-16H2,1H3/t23-,24-,27+/m1/s1. The molecule has 0 unspecified atom stereocenters. The molecule has 1 saturated carbocycles. The Kier molecular flexibility index (Phi) is 5.71. The van der Waals surface area contributed by atoms with Crippen molar-refractivity contribution >= 4 is 50.6 Å². The zero-order valence-electron chi connectivity index (χ0n) is 18.0. The molecular formula is C27H22BrClN2O2. The topological polar surface area (TPSA) is 49.7 Å². The number of halogens is 2. The molecule has 166 valence electrons. The first-order chi connectivity index (χ1) is 15.9. The first kappa shape index (κ1) is 22.1. The third-order valence-corrected chi connectivity index (χ3v) is 7.78. The van der Waals surface area contributed by atoms with Crippen LogP contribution in [0.4, 0.5) is 5.69 Å². The Morgan fingerprint density at radius 2 is 1.55 bits per heavy atom. The van der Waals surface area contributed by atoms with Gasteiger partial charge in [0.2, 0.25) is 0 Å². The average Bonchev–Trinajstić information content (AvgIpc) is 3.08. The highest BCUT2D eigenvalue weighted by Crippen LogP contribution is 2.59. The second kappa shape index (κ2) is 8.54. The number of para-hydroxylation sites is 1. The van der Waals surface area contributed by atoms with Crippen molar-refractivity contribution in [3.05, 3.63) is 99.5 Å². The monoisotopic (exact) mass is 520 g/mol. The molecule has 33 heavy (non-hydrogen) atoms. The molecule has 3 aromatic rings. The van der Waals surface area contributed by atoms with Crippen LogP contribution in [0, 0.1) is 5.41 Å². The molecule has 6 heteroatoms. The fraction of sp³-hybridized carbons (Fsp3) is 0.222. The van der Waals surface area contributed by atoms with Crippen LogP contribution in [0.3, 0.4) is 0 Å². The number of Topliss-reactive ketones (excluding diaryl/α,β-unsaturated/α-hetero) is 1. The number of rotatable bonds is 3. The van der Waals surface area contributed by atoms with E-state index in [4.69, 9.17) is 16.7 Å². The van der Waals surface area contributed by atoms with Crippen molar-refractivity contribution in [3.63, 3.8) is 0 Å². The van der Waals surface area contributed by atoms with Gasteiger partial charge in [0.15, 0.2) is 0 Å². The number of amides is 1. The van der Waals surface area contributed by atoms with E-state index in [1.54, 1.807) is 0 Å². The van der Waals surface area contributed by atoms with Gasteiger partial charge in [-0.25, -0.2) is 0 Å². The molecular weight excluding hydrogens is 500 g/mol. The number of nitrogens with zero attached hydrogens (tertiary/aromatic N) is 2. The summed E-state index contributed by atoms with van der Waals surface area (Å²) in [5.41, 5.74) is 2.17. The lowest BCUT2D eigenvalue weighted by Gasteiger charge is -2.46. The Labute approximate surface area is 206 Å². The van der Waals surface area contributed by atoms with Crippen LogP contribution < -0.4 is 5.01 Å². The Bertz CT molecular complexity index is 1260. The van der Waals surface area contributed by atoms with E-state index in [-0.39, 0.29) is 30.4 Å². The summed E-state index contributed by atoms with van der Waals surface area (Å²) in [6.45, 7) is 1.91. The van der Waals surface area contributed by atoms with Crippen molar-refractivity contribution in [1.29, 1.82) is 0 Å². The summed E-state index contributed by atoms with van der Waals surface area (Å²) in [6.07, 6.45) is 0.530. The zero-order chi connectivity index (χ0) is 23.2. The van der Waals surface area contributed by atoms with E-state index in [1.807, 2.05) is 85.8 Å². The van der Waals surface area contributed by atoms with E-state index < -0.39 is 11.3 Å². The molecule has 1 fully saturated rings. The maximum absolute atomic E-state index is 14.4. The minimum absolute atomic E-state index is 0.114. The second-order valence-electron chi connectivity index (χ2n) is 8.63. The summed E-state index contributed by atoms with van der Waals surface area (Å²) in [6, 6.07) is 24.8. The van der Waals surface area contributed by atoms with Gasteiger partial charge in [0.1, 0.15) is 11.2 Å². The number of ketones is 1. The predicted molar refractivity (Wildman–Crippen MR) is 135 cm³/mol.